The zero-order chi connectivity index (χ0) is 74.7. The number of pyridine rings is 1. The van der Waals surface area contributed by atoms with Crippen LogP contribution in [0.1, 0.15) is 0 Å². The second kappa shape index (κ2) is 34.4. The Balaban J connectivity index is 0.000000161. The molecule has 12 rings (SSSR count). The van der Waals surface area contributed by atoms with Crippen molar-refractivity contribution in [3.8, 4) is 56.5 Å². The maximum atomic E-state index is 13.1. The number of para-hydroxylation sites is 1. The van der Waals surface area contributed by atoms with Gasteiger partial charge in [0.15, 0.2) is 43.2 Å². The number of hydrogen-bond donors (Lipinski definition) is 8. The molecule has 0 bridgehead atoms. The van der Waals surface area contributed by atoms with Crippen molar-refractivity contribution in [3.63, 3.8) is 0 Å². The summed E-state index contributed by atoms with van der Waals surface area (Å²) in [6.45, 7) is 0. The molecular formula is C65H51ClFN23O10S4. The molecule has 0 aliphatic rings. The number of aromatic nitrogens is 9. The minimum atomic E-state index is -0.598. The molecule has 0 aliphatic carbocycles. The highest BCUT2D eigenvalue weighted by atomic mass is 35.5. The molecular weight excluding hydrogens is 1450 g/mol. The number of H-pyrrole nitrogens is 4. The molecule has 524 valence electrons. The van der Waals surface area contributed by atoms with E-state index >= 15 is 0 Å². The number of rotatable bonds is 16. The van der Waals surface area contributed by atoms with Gasteiger partial charge in [-0.25, -0.2) is 4.39 Å². The normalized spacial score (nSPS) is 11.0. The van der Waals surface area contributed by atoms with Crippen molar-refractivity contribution in [3.05, 3.63) is 273 Å². The first kappa shape index (κ1) is 74.5. The molecule has 0 fully saturated rings. The van der Waals surface area contributed by atoms with Crippen molar-refractivity contribution >= 4 is 138 Å². The first-order valence-electron chi connectivity index (χ1n) is 29.4. The molecule has 33 nitrogen and oxygen atoms in total. The third-order valence-corrected chi connectivity index (χ3v) is 14.9. The van der Waals surface area contributed by atoms with Gasteiger partial charge in [0.25, 0.3) is 11.4 Å². The van der Waals surface area contributed by atoms with Gasteiger partial charge < -0.3 is 32.4 Å². The first-order valence-corrected chi connectivity index (χ1v) is 31.5. The van der Waals surface area contributed by atoms with E-state index in [9.17, 15) is 43.8 Å². The summed E-state index contributed by atoms with van der Waals surface area (Å²) < 4.78 is 27.4. The molecule has 5 heterocycles. The Bertz CT molecular complexity index is 5580. The van der Waals surface area contributed by atoms with Gasteiger partial charge in [0.1, 0.15) is 28.7 Å². The zero-order valence-electron chi connectivity index (χ0n) is 53.5. The van der Waals surface area contributed by atoms with Gasteiger partial charge in [-0.3, -0.25) is 64.8 Å². The summed E-state index contributed by atoms with van der Waals surface area (Å²) in [5, 5.41) is 65.0. The molecule has 0 aliphatic heterocycles. The van der Waals surface area contributed by atoms with Crippen LogP contribution in [0.3, 0.4) is 0 Å². The third kappa shape index (κ3) is 18.4. The number of thiocarbonyl (C=S) groups is 4. The number of benzene rings is 7. The van der Waals surface area contributed by atoms with Crippen LogP contribution in [0.4, 0.5) is 61.3 Å². The van der Waals surface area contributed by atoms with E-state index in [-0.39, 0.29) is 66.0 Å². The van der Waals surface area contributed by atoms with Gasteiger partial charge in [-0.15, -0.1) is 30.7 Å². The van der Waals surface area contributed by atoms with E-state index in [4.69, 9.17) is 92.9 Å². The Kier molecular flexibility index (Phi) is 24.6. The van der Waals surface area contributed by atoms with Gasteiger partial charge in [0, 0.05) is 58.8 Å². The highest BCUT2D eigenvalue weighted by Gasteiger charge is 2.22. The summed E-state index contributed by atoms with van der Waals surface area (Å²) in [5.74, 6) is 0.656. The van der Waals surface area contributed by atoms with E-state index in [1.54, 1.807) is 60.7 Å². The van der Waals surface area contributed by atoms with Crippen LogP contribution in [-0.2, 0) is 0 Å². The number of nitrogens with zero attached hydrogens (tertiary/aromatic N) is 15. The molecule has 0 atom stereocenters. The molecule has 7 aromatic carbocycles. The molecule has 39 heteroatoms. The van der Waals surface area contributed by atoms with Crippen molar-refractivity contribution in [1.82, 2.24) is 44.1 Å². The van der Waals surface area contributed by atoms with E-state index < -0.39 is 37.9 Å². The predicted octanol–water partition coefficient (Wildman–Crippen LogP) is 13.4. The quantitative estimate of drug-likeness (QED) is 0.0193. The Morgan fingerprint density at radius 3 is 1.21 bits per heavy atom. The highest BCUT2D eigenvalue weighted by molar-refractivity contribution is 7.80. The summed E-state index contributed by atoms with van der Waals surface area (Å²) in [4.78, 5) is 74.7. The van der Waals surface area contributed by atoms with Gasteiger partial charge >= 0.3 is 22.2 Å². The Morgan fingerprint density at radius 2 is 0.808 bits per heavy atom. The fraction of sp³-hybridized carbons (Fsp3) is 0.0308. The number of non-ortho nitro benzene ring substituents is 2. The second-order valence-corrected chi connectivity index (χ2v) is 22.7. The lowest BCUT2D eigenvalue weighted by atomic mass is 10.1. The molecule has 12 aromatic rings. The molecule has 0 saturated heterocycles. The number of azo groups is 4. The topological polar surface area (TPSA) is 472 Å². The number of nitro benzene ring substituents is 2. The standard InChI is InChI=1S/2C17H14N6O4S.C16H13N5OS.C15H10ClFN6OS/c1-27-13-4-2-3-11(9-13)19-20-15-14(21-22(16(15)24)17(18)28)10-5-7-12(8-6-10)23(25)26;1-27-13-5-3-2-4-12(13)19-20-15-14(21-22(16(15)24)17(18)28)10-6-8-11(9-7-10)23(25)26;17-16(23)21-15(22)14(19-18-12-9-5-2-6-10-12)13(20-21)11-7-3-1-4-8-11;16-9-5-11(7-19-6-9)20-21-13-12(8-1-3-10(17)4-2-8)22-23(14(13)24)15(18)25/h2*2-9,21H,1H3,(H2,18,28);1-10,20H,(H2,17,23);1-7,22H,(H2,18,25). The zero-order valence-corrected chi connectivity index (χ0v) is 57.6. The van der Waals surface area contributed by atoms with Crippen LogP contribution in [0, 0.1) is 26.0 Å². The molecule has 5 aromatic heterocycles. The minimum absolute atomic E-state index is 0.0283. The van der Waals surface area contributed by atoms with E-state index in [1.165, 1.54) is 105 Å². The van der Waals surface area contributed by atoms with E-state index in [1.807, 2.05) is 48.5 Å². The van der Waals surface area contributed by atoms with Crippen LogP contribution in [0.5, 0.6) is 11.5 Å². The van der Waals surface area contributed by atoms with Crippen molar-refractivity contribution in [2.45, 2.75) is 0 Å². The summed E-state index contributed by atoms with van der Waals surface area (Å²) in [6, 6.07) is 50.4. The lowest BCUT2D eigenvalue weighted by molar-refractivity contribution is -0.385. The van der Waals surface area contributed by atoms with Gasteiger partial charge in [-0.2, -0.15) is 29.0 Å². The maximum Gasteiger partial charge on any atom is 0.301 e. The lowest BCUT2D eigenvalue weighted by Gasteiger charge is -2.02. The van der Waals surface area contributed by atoms with Gasteiger partial charge in [-0.05, 0) is 140 Å². The van der Waals surface area contributed by atoms with Crippen molar-refractivity contribution in [1.29, 1.82) is 0 Å². The smallest absolute Gasteiger partial charge is 0.301 e. The van der Waals surface area contributed by atoms with E-state index in [0.717, 1.165) is 24.3 Å². The highest BCUT2D eigenvalue weighted by Crippen LogP contribution is 2.34. The lowest BCUT2D eigenvalue weighted by Crippen LogP contribution is -2.29. The average molecular weight is 1500 g/mol. The fourth-order valence-electron chi connectivity index (χ4n) is 8.99. The SMILES string of the molecule is COc1cccc(N=Nc2c(-c3ccc([N+](=O)[O-])cc3)[nH]n(C(N)=S)c2=O)c1.COc1ccccc1N=Nc1c(-c2ccc([N+](=O)[O-])cc2)[nH]n(C(N)=S)c1=O.NC(=S)n1[nH]c(-c2ccc(F)cc2)c(N=Nc2cncc(Cl)c2)c1=O.NC(=S)n1[nH]c(-c2ccccc2)c(N=Nc2ccccc2)c1=O. The summed E-state index contributed by atoms with van der Waals surface area (Å²) >= 11 is 25.3. The number of nitrogens with two attached hydrogens (primary N) is 4. The fourth-order valence-corrected chi connectivity index (χ4v) is 9.68. The molecule has 0 saturated carbocycles. The summed E-state index contributed by atoms with van der Waals surface area (Å²) in [5.41, 5.74) is 25.5. The first-order chi connectivity index (χ1) is 49.9. The number of ether oxygens (including phenoxy) is 2. The monoisotopic (exact) mass is 1500 g/mol. The second-order valence-electron chi connectivity index (χ2n) is 20.6. The maximum absolute atomic E-state index is 13.1. The van der Waals surface area contributed by atoms with Gasteiger partial charge in [0.05, 0.1) is 69.4 Å². The molecule has 0 unspecified atom stereocenters. The number of nitrogens with one attached hydrogen (secondary N) is 4. The van der Waals surface area contributed by atoms with Crippen LogP contribution in [0.15, 0.2) is 261 Å². The van der Waals surface area contributed by atoms with Crippen LogP contribution >= 0.6 is 60.5 Å². The number of halogens is 2. The van der Waals surface area contributed by atoms with Crippen LogP contribution in [-0.4, -0.2) is 88.6 Å². The van der Waals surface area contributed by atoms with Crippen molar-refractivity contribution < 1.29 is 23.7 Å². The minimum Gasteiger partial charge on any atom is -0.497 e. The number of nitro groups is 2. The Hall–Kier alpha value is -13.7. The van der Waals surface area contributed by atoms with Crippen LogP contribution in [0.2, 0.25) is 5.02 Å². The van der Waals surface area contributed by atoms with Gasteiger partial charge in [0.2, 0.25) is 0 Å². The number of hydrogen-bond acceptors (Lipinski definition) is 23. The van der Waals surface area contributed by atoms with Crippen LogP contribution < -0.4 is 54.6 Å². The number of methoxy groups -OCH3 is 2. The third-order valence-electron chi connectivity index (χ3n) is 13.9. The van der Waals surface area contributed by atoms with E-state index in [2.05, 4.69) is 66.3 Å². The largest absolute Gasteiger partial charge is 0.497 e. The molecule has 104 heavy (non-hydrogen) atoms. The molecule has 0 spiro atoms. The molecule has 0 amide bonds. The van der Waals surface area contributed by atoms with Crippen LogP contribution in [0.25, 0.3) is 45.0 Å². The Morgan fingerprint density at radius 1 is 0.442 bits per heavy atom. The van der Waals surface area contributed by atoms with Crippen molar-refractivity contribution in [2.75, 3.05) is 14.2 Å². The van der Waals surface area contributed by atoms with Crippen molar-refractivity contribution in [2.24, 2.45) is 63.8 Å². The molecule has 0 radical (unpaired) electrons. The van der Waals surface area contributed by atoms with E-state index in [0.29, 0.717) is 67.3 Å². The number of aromatic amines is 4. The van der Waals surface area contributed by atoms with Gasteiger partial charge in [-0.1, -0.05) is 78.3 Å². The molecule has 12 N–H and O–H groups in total. The Labute approximate surface area is 609 Å². The predicted molar refractivity (Wildman–Crippen MR) is 402 cm³/mol. The average Bonchev–Trinajstić information content (AvgIpc) is 1.66. The summed E-state index contributed by atoms with van der Waals surface area (Å²) in [7, 11) is 3.02. The summed E-state index contributed by atoms with van der Waals surface area (Å²) in [6.07, 6.45) is 2.88.